The number of benzene rings is 1. The van der Waals surface area contributed by atoms with Crippen LogP contribution in [0, 0.1) is 5.41 Å². The second-order valence-electron chi connectivity index (χ2n) is 7.30. The highest BCUT2D eigenvalue weighted by molar-refractivity contribution is 5.84. The molecule has 5 nitrogen and oxygen atoms in total. The smallest absolute Gasteiger partial charge is 0.229 e. The lowest BCUT2D eigenvalue weighted by Crippen LogP contribution is -2.62. The largest absolute Gasteiger partial charge is 0.497 e. The average Bonchev–Trinajstić information content (AvgIpc) is 3.11. The number of amides is 1. The van der Waals surface area contributed by atoms with Crippen LogP contribution in [0.15, 0.2) is 24.3 Å². The number of methoxy groups -OCH3 is 1. The van der Waals surface area contributed by atoms with Gasteiger partial charge in [0.15, 0.2) is 0 Å². The fourth-order valence-corrected chi connectivity index (χ4v) is 3.73. The first-order valence-electron chi connectivity index (χ1n) is 9.45. The highest BCUT2D eigenvalue weighted by Gasteiger charge is 2.44. The molecule has 1 aromatic carbocycles. The summed E-state index contributed by atoms with van der Waals surface area (Å²) < 4.78 is 11.1. The Morgan fingerprint density at radius 3 is 2.80 bits per heavy atom. The first kappa shape index (κ1) is 18.2. The number of carbonyl (C=O) groups is 1. The zero-order valence-corrected chi connectivity index (χ0v) is 15.2. The number of hydrogen-bond acceptors (Lipinski definition) is 4. The van der Waals surface area contributed by atoms with Crippen molar-refractivity contribution >= 4 is 5.91 Å². The van der Waals surface area contributed by atoms with Gasteiger partial charge in [0.1, 0.15) is 5.75 Å². The van der Waals surface area contributed by atoms with Gasteiger partial charge in [0.05, 0.1) is 18.6 Å². The van der Waals surface area contributed by atoms with Crippen LogP contribution in [0.25, 0.3) is 0 Å². The van der Waals surface area contributed by atoms with Crippen LogP contribution in [0.3, 0.4) is 0 Å². The van der Waals surface area contributed by atoms with E-state index in [2.05, 4.69) is 16.7 Å². The molecule has 1 saturated carbocycles. The molecule has 0 spiro atoms. The lowest BCUT2D eigenvalue weighted by molar-refractivity contribution is -0.134. The Labute approximate surface area is 150 Å². The summed E-state index contributed by atoms with van der Waals surface area (Å²) >= 11 is 0. The molecule has 3 rings (SSSR count). The van der Waals surface area contributed by atoms with Gasteiger partial charge in [-0.05, 0) is 43.4 Å². The maximum Gasteiger partial charge on any atom is 0.229 e. The van der Waals surface area contributed by atoms with E-state index in [0.29, 0.717) is 12.6 Å². The summed E-state index contributed by atoms with van der Waals surface area (Å²) in [4.78, 5) is 12.7. The number of nitrogens with one attached hydrogen (secondary N) is 2. The maximum absolute atomic E-state index is 12.7. The number of rotatable bonds is 9. The summed E-state index contributed by atoms with van der Waals surface area (Å²) in [7, 11) is 1.67. The molecule has 138 valence electrons. The predicted molar refractivity (Wildman–Crippen MR) is 97.8 cm³/mol. The fraction of sp³-hybridized carbons (Fsp3) is 0.650. The minimum Gasteiger partial charge on any atom is -0.497 e. The van der Waals surface area contributed by atoms with Gasteiger partial charge >= 0.3 is 0 Å². The molecule has 1 heterocycles. The van der Waals surface area contributed by atoms with Gasteiger partial charge in [0, 0.05) is 26.2 Å². The Balaban J connectivity index is 1.43. The topological polar surface area (TPSA) is 59.6 Å². The Bertz CT molecular complexity index is 566. The minimum atomic E-state index is -0.335. The van der Waals surface area contributed by atoms with Gasteiger partial charge in [-0.3, -0.25) is 4.79 Å². The number of ether oxygens (including phenoxy) is 2. The molecule has 0 bridgehead atoms. The molecule has 1 aliphatic heterocycles. The van der Waals surface area contributed by atoms with E-state index < -0.39 is 0 Å². The summed E-state index contributed by atoms with van der Waals surface area (Å²) in [6.45, 7) is 2.89. The summed E-state index contributed by atoms with van der Waals surface area (Å²) in [6.07, 6.45) is 7.05. The summed E-state index contributed by atoms with van der Waals surface area (Å²) in [5.41, 5.74) is 0.805. The monoisotopic (exact) mass is 346 g/mol. The van der Waals surface area contributed by atoms with E-state index in [1.807, 2.05) is 18.2 Å². The molecule has 25 heavy (non-hydrogen) atoms. The van der Waals surface area contributed by atoms with Crippen LogP contribution in [0.5, 0.6) is 5.75 Å². The van der Waals surface area contributed by atoms with Crippen LogP contribution in [-0.2, 0) is 16.0 Å². The molecule has 2 aliphatic rings. The highest BCUT2D eigenvalue weighted by atomic mass is 16.5. The average molecular weight is 346 g/mol. The van der Waals surface area contributed by atoms with Crippen molar-refractivity contribution in [2.24, 2.45) is 5.41 Å². The summed E-state index contributed by atoms with van der Waals surface area (Å²) in [6, 6.07) is 7.99. The SMILES string of the molecule is COc1cccc(CC2(C(=O)NCCCOC3CCCC3)CNC2)c1. The van der Waals surface area contributed by atoms with Gasteiger partial charge in [0.25, 0.3) is 0 Å². The van der Waals surface area contributed by atoms with Gasteiger partial charge < -0.3 is 20.1 Å². The van der Waals surface area contributed by atoms with E-state index in [-0.39, 0.29) is 11.3 Å². The van der Waals surface area contributed by atoms with Crippen LogP contribution in [0.4, 0.5) is 0 Å². The first-order valence-corrected chi connectivity index (χ1v) is 9.45. The van der Waals surface area contributed by atoms with E-state index in [1.165, 1.54) is 25.7 Å². The normalized spacial score (nSPS) is 19.4. The van der Waals surface area contributed by atoms with E-state index >= 15 is 0 Å². The molecule has 2 N–H and O–H groups in total. The molecular weight excluding hydrogens is 316 g/mol. The minimum absolute atomic E-state index is 0.148. The molecule has 1 aromatic rings. The van der Waals surface area contributed by atoms with Crippen LogP contribution < -0.4 is 15.4 Å². The second kappa shape index (κ2) is 8.68. The molecule has 1 amide bonds. The molecular formula is C20H30N2O3. The number of hydrogen-bond donors (Lipinski definition) is 2. The van der Waals surface area contributed by atoms with Gasteiger partial charge in [-0.25, -0.2) is 0 Å². The van der Waals surface area contributed by atoms with Crippen molar-refractivity contribution in [3.05, 3.63) is 29.8 Å². The van der Waals surface area contributed by atoms with E-state index in [1.54, 1.807) is 7.11 Å². The van der Waals surface area contributed by atoms with Crippen molar-refractivity contribution in [1.82, 2.24) is 10.6 Å². The van der Waals surface area contributed by atoms with Gasteiger partial charge in [0.2, 0.25) is 5.91 Å². The summed E-state index contributed by atoms with van der Waals surface area (Å²) in [5.74, 6) is 0.985. The molecule has 0 unspecified atom stereocenters. The molecule has 0 atom stereocenters. The molecule has 1 saturated heterocycles. The van der Waals surface area contributed by atoms with Gasteiger partial charge in [-0.1, -0.05) is 25.0 Å². The van der Waals surface area contributed by atoms with Crippen LogP contribution in [-0.4, -0.2) is 45.4 Å². The van der Waals surface area contributed by atoms with Crippen LogP contribution in [0.2, 0.25) is 0 Å². The van der Waals surface area contributed by atoms with Crippen molar-refractivity contribution < 1.29 is 14.3 Å². The highest BCUT2D eigenvalue weighted by Crippen LogP contribution is 2.29. The number of carbonyl (C=O) groups excluding carboxylic acids is 1. The molecule has 0 aromatic heterocycles. The zero-order valence-electron chi connectivity index (χ0n) is 15.2. The van der Waals surface area contributed by atoms with E-state index in [4.69, 9.17) is 9.47 Å². The quantitative estimate of drug-likeness (QED) is 0.674. The van der Waals surface area contributed by atoms with E-state index in [0.717, 1.165) is 43.9 Å². The third-order valence-electron chi connectivity index (χ3n) is 5.35. The Hall–Kier alpha value is -1.59. The molecule has 5 heteroatoms. The van der Waals surface area contributed by atoms with Crippen molar-refractivity contribution in [2.75, 3.05) is 33.4 Å². The molecule has 2 fully saturated rings. The van der Waals surface area contributed by atoms with Gasteiger partial charge in [-0.15, -0.1) is 0 Å². The van der Waals surface area contributed by atoms with Crippen molar-refractivity contribution in [3.8, 4) is 5.75 Å². The van der Waals surface area contributed by atoms with Crippen molar-refractivity contribution in [1.29, 1.82) is 0 Å². The van der Waals surface area contributed by atoms with Crippen LogP contribution in [0.1, 0.15) is 37.7 Å². The lowest BCUT2D eigenvalue weighted by Gasteiger charge is -2.41. The second-order valence-corrected chi connectivity index (χ2v) is 7.30. The standard InChI is InChI=1S/C20H30N2O3/c1-24-18-9-4-6-16(12-18)13-20(14-21-15-20)19(23)22-10-5-11-25-17-7-2-3-8-17/h4,6,9,12,17,21H,2-3,5,7-8,10-11,13-15H2,1H3,(H,22,23). The molecule has 0 radical (unpaired) electrons. The van der Waals surface area contributed by atoms with Crippen molar-refractivity contribution in [3.63, 3.8) is 0 Å². The Kier molecular flexibility index (Phi) is 6.32. The fourth-order valence-electron chi connectivity index (χ4n) is 3.73. The third kappa shape index (κ3) is 4.73. The van der Waals surface area contributed by atoms with Crippen molar-refractivity contribution in [2.45, 2.75) is 44.6 Å². The molecule has 1 aliphatic carbocycles. The Morgan fingerprint density at radius 1 is 1.32 bits per heavy atom. The Morgan fingerprint density at radius 2 is 2.12 bits per heavy atom. The van der Waals surface area contributed by atoms with E-state index in [9.17, 15) is 4.79 Å². The summed E-state index contributed by atoms with van der Waals surface area (Å²) in [5, 5.41) is 6.36. The van der Waals surface area contributed by atoms with Crippen LogP contribution >= 0.6 is 0 Å². The zero-order chi connectivity index (χ0) is 17.5. The first-order chi connectivity index (χ1) is 12.2. The maximum atomic E-state index is 12.7. The predicted octanol–water partition coefficient (Wildman–Crippen LogP) is 2.29. The third-order valence-corrected chi connectivity index (χ3v) is 5.35. The van der Waals surface area contributed by atoms with Gasteiger partial charge in [-0.2, -0.15) is 0 Å². The lowest BCUT2D eigenvalue weighted by atomic mass is 9.75.